The van der Waals surface area contributed by atoms with E-state index in [1.165, 1.54) is 13.2 Å². The first-order chi connectivity index (χ1) is 11.7. The number of nitrogens with zero attached hydrogens (tertiary/aromatic N) is 1. The van der Waals surface area contributed by atoms with Gasteiger partial charge in [-0.2, -0.15) is 8.42 Å². The van der Waals surface area contributed by atoms with Crippen molar-refractivity contribution in [2.24, 2.45) is 0 Å². The van der Waals surface area contributed by atoms with Gasteiger partial charge in [-0.1, -0.05) is 26.0 Å². The molecule has 0 aliphatic heterocycles. The average molecular weight is 365 g/mol. The molecule has 0 amide bonds. The first-order valence-corrected chi connectivity index (χ1v) is 8.94. The standard InChI is InChI=1S/C17H19NO6S/c1-11(2)13-6-5-12(3)16(9-13)24-25(21,22)17-8-7-14(23-4)10-15(17)18(19)20/h5-11H,1-4H3. The first-order valence-electron chi connectivity index (χ1n) is 7.53. The van der Waals surface area contributed by atoms with E-state index in [4.69, 9.17) is 8.92 Å². The van der Waals surface area contributed by atoms with Crippen LogP contribution in [0.2, 0.25) is 0 Å². The number of nitro benzene ring substituents is 1. The van der Waals surface area contributed by atoms with E-state index in [0.717, 1.165) is 17.7 Å². The fraction of sp³-hybridized carbons (Fsp3) is 0.294. The second-order valence-corrected chi connectivity index (χ2v) is 7.32. The maximum Gasteiger partial charge on any atom is 0.346 e. The monoisotopic (exact) mass is 365 g/mol. The molecule has 0 fully saturated rings. The van der Waals surface area contributed by atoms with E-state index < -0.39 is 25.6 Å². The summed E-state index contributed by atoms with van der Waals surface area (Å²) in [6, 6.07) is 8.76. The van der Waals surface area contributed by atoms with Crippen LogP contribution < -0.4 is 8.92 Å². The molecule has 0 aromatic heterocycles. The molecule has 0 aliphatic carbocycles. The lowest BCUT2D eigenvalue weighted by Crippen LogP contribution is -2.13. The normalized spacial score (nSPS) is 11.4. The van der Waals surface area contributed by atoms with E-state index >= 15 is 0 Å². The summed E-state index contributed by atoms with van der Waals surface area (Å²) in [7, 11) is -3.04. The number of rotatable bonds is 6. The number of hydrogen-bond acceptors (Lipinski definition) is 6. The molecule has 0 unspecified atom stereocenters. The van der Waals surface area contributed by atoms with Gasteiger partial charge in [0.15, 0.2) is 4.90 Å². The summed E-state index contributed by atoms with van der Waals surface area (Å²) in [5.74, 6) is 0.515. The van der Waals surface area contributed by atoms with E-state index in [2.05, 4.69) is 0 Å². The number of aryl methyl sites for hydroxylation is 1. The SMILES string of the molecule is COc1ccc(S(=O)(=O)Oc2cc(C(C)C)ccc2C)c([N+](=O)[O-])c1. The second kappa shape index (κ2) is 7.10. The highest BCUT2D eigenvalue weighted by molar-refractivity contribution is 7.87. The van der Waals surface area contributed by atoms with Crippen LogP contribution in [-0.2, 0) is 10.1 Å². The number of methoxy groups -OCH3 is 1. The van der Waals surface area contributed by atoms with Crippen LogP contribution in [-0.4, -0.2) is 20.5 Å². The van der Waals surface area contributed by atoms with Crippen LogP contribution in [0.5, 0.6) is 11.5 Å². The van der Waals surface area contributed by atoms with Crippen molar-refractivity contribution < 1.29 is 22.3 Å². The number of ether oxygens (including phenoxy) is 1. The number of nitro groups is 1. The van der Waals surface area contributed by atoms with Gasteiger partial charge in [0.25, 0.3) is 5.69 Å². The molecule has 134 valence electrons. The van der Waals surface area contributed by atoms with Gasteiger partial charge in [-0.05, 0) is 42.2 Å². The maximum atomic E-state index is 12.6. The van der Waals surface area contributed by atoms with Crippen LogP contribution in [0.4, 0.5) is 5.69 Å². The van der Waals surface area contributed by atoms with Crippen molar-refractivity contribution in [3.05, 3.63) is 57.6 Å². The fourth-order valence-electron chi connectivity index (χ4n) is 2.21. The molecule has 8 heteroatoms. The Balaban J connectivity index is 2.50. The molecule has 7 nitrogen and oxygen atoms in total. The van der Waals surface area contributed by atoms with Crippen molar-refractivity contribution >= 4 is 15.8 Å². The maximum absolute atomic E-state index is 12.6. The zero-order chi connectivity index (χ0) is 18.8. The lowest BCUT2D eigenvalue weighted by Gasteiger charge is -2.13. The molecular weight excluding hydrogens is 346 g/mol. The van der Waals surface area contributed by atoms with Crippen molar-refractivity contribution in [2.75, 3.05) is 7.11 Å². The van der Waals surface area contributed by atoms with Crippen molar-refractivity contribution in [2.45, 2.75) is 31.6 Å². The Kier molecular flexibility index (Phi) is 5.32. The summed E-state index contributed by atoms with van der Waals surface area (Å²) < 4.78 is 35.3. The molecule has 0 heterocycles. The molecule has 0 saturated carbocycles. The summed E-state index contributed by atoms with van der Waals surface area (Å²) in [6.07, 6.45) is 0. The van der Waals surface area contributed by atoms with Crippen LogP contribution in [0.25, 0.3) is 0 Å². The summed E-state index contributed by atoms with van der Waals surface area (Å²) in [5, 5.41) is 11.2. The molecule has 0 atom stereocenters. The third kappa shape index (κ3) is 4.08. The minimum absolute atomic E-state index is 0.149. The largest absolute Gasteiger partial charge is 0.497 e. The highest BCUT2D eigenvalue weighted by atomic mass is 32.2. The van der Waals surface area contributed by atoms with Crippen molar-refractivity contribution in [1.82, 2.24) is 0 Å². The van der Waals surface area contributed by atoms with E-state index in [0.29, 0.717) is 5.56 Å². The van der Waals surface area contributed by atoms with Crippen LogP contribution in [0.15, 0.2) is 41.3 Å². The van der Waals surface area contributed by atoms with Gasteiger partial charge in [-0.3, -0.25) is 10.1 Å². The average Bonchev–Trinajstić information content (AvgIpc) is 2.55. The topological polar surface area (TPSA) is 95.7 Å². The Hall–Kier alpha value is -2.61. The smallest absolute Gasteiger partial charge is 0.346 e. The van der Waals surface area contributed by atoms with Crippen LogP contribution in [0, 0.1) is 17.0 Å². The molecule has 0 saturated heterocycles. The van der Waals surface area contributed by atoms with Gasteiger partial charge in [-0.15, -0.1) is 0 Å². The zero-order valence-corrected chi connectivity index (χ0v) is 15.2. The quantitative estimate of drug-likeness (QED) is 0.439. The molecule has 2 aromatic carbocycles. The third-order valence-corrected chi connectivity index (χ3v) is 4.99. The van der Waals surface area contributed by atoms with Crippen molar-refractivity contribution in [3.8, 4) is 11.5 Å². The summed E-state index contributed by atoms with van der Waals surface area (Å²) in [5.41, 5.74) is 0.918. The van der Waals surface area contributed by atoms with Crippen LogP contribution in [0.3, 0.4) is 0 Å². The molecule has 25 heavy (non-hydrogen) atoms. The molecule has 2 aromatic rings. The molecule has 0 aliphatic rings. The third-order valence-electron chi connectivity index (χ3n) is 3.71. The minimum atomic E-state index is -4.38. The Morgan fingerprint density at radius 3 is 2.36 bits per heavy atom. The van der Waals surface area contributed by atoms with E-state index in [-0.39, 0.29) is 17.4 Å². The minimum Gasteiger partial charge on any atom is -0.497 e. The highest BCUT2D eigenvalue weighted by Gasteiger charge is 2.29. The van der Waals surface area contributed by atoms with Gasteiger partial charge in [-0.25, -0.2) is 0 Å². The Morgan fingerprint density at radius 2 is 1.80 bits per heavy atom. The zero-order valence-electron chi connectivity index (χ0n) is 14.3. The van der Waals surface area contributed by atoms with E-state index in [1.807, 2.05) is 19.9 Å². The van der Waals surface area contributed by atoms with Gasteiger partial charge < -0.3 is 8.92 Å². The highest BCUT2D eigenvalue weighted by Crippen LogP contribution is 2.32. The Morgan fingerprint density at radius 1 is 1.12 bits per heavy atom. The lowest BCUT2D eigenvalue weighted by atomic mass is 10.0. The molecule has 0 spiro atoms. The predicted molar refractivity (Wildman–Crippen MR) is 92.7 cm³/mol. The van der Waals surface area contributed by atoms with Crippen LogP contribution >= 0.6 is 0 Å². The molecule has 0 N–H and O–H groups in total. The lowest BCUT2D eigenvalue weighted by molar-refractivity contribution is -0.388. The first kappa shape index (κ1) is 18.7. The predicted octanol–water partition coefficient (Wildman–Crippen LogP) is 3.80. The molecule has 0 bridgehead atoms. The summed E-state index contributed by atoms with van der Waals surface area (Å²) in [6.45, 7) is 5.64. The summed E-state index contributed by atoms with van der Waals surface area (Å²) in [4.78, 5) is 9.93. The number of benzene rings is 2. The molecule has 0 radical (unpaired) electrons. The van der Waals surface area contributed by atoms with Gasteiger partial charge in [0, 0.05) is 0 Å². The van der Waals surface area contributed by atoms with E-state index in [1.54, 1.807) is 19.1 Å². The fourth-order valence-corrected chi connectivity index (χ4v) is 3.34. The van der Waals surface area contributed by atoms with Crippen LogP contribution in [0.1, 0.15) is 30.9 Å². The van der Waals surface area contributed by atoms with Gasteiger partial charge in [0.1, 0.15) is 11.5 Å². The van der Waals surface area contributed by atoms with Crippen molar-refractivity contribution in [1.29, 1.82) is 0 Å². The second-order valence-electron chi connectivity index (χ2n) is 5.81. The molecular formula is C17H19NO6S. The van der Waals surface area contributed by atoms with Crippen molar-refractivity contribution in [3.63, 3.8) is 0 Å². The Bertz CT molecular complexity index is 905. The van der Waals surface area contributed by atoms with Gasteiger partial charge >= 0.3 is 10.1 Å². The van der Waals surface area contributed by atoms with Gasteiger partial charge in [0.05, 0.1) is 18.1 Å². The summed E-state index contributed by atoms with van der Waals surface area (Å²) >= 11 is 0. The Labute approximate surface area is 146 Å². The van der Waals surface area contributed by atoms with E-state index in [9.17, 15) is 18.5 Å². The van der Waals surface area contributed by atoms with Gasteiger partial charge in [0.2, 0.25) is 0 Å². The number of hydrogen-bond donors (Lipinski definition) is 0. The molecule has 2 rings (SSSR count).